The summed E-state index contributed by atoms with van der Waals surface area (Å²) in [6.07, 6.45) is 3.31. The third kappa shape index (κ3) is 2.09. The molecule has 0 amide bonds. The molecule has 0 radical (unpaired) electrons. The number of aromatic nitrogens is 4. The number of nitrogens with two attached hydrogens (primary N) is 1. The number of hydrogen-bond donors (Lipinski definition) is 1. The Kier molecular flexibility index (Phi) is 2.77. The second-order valence-electron chi connectivity index (χ2n) is 5.20. The zero-order valence-corrected chi connectivity index (χ0v) is 11.6. The minimum Gasteiger partial charge on any atom is -0.384 e. The second kappa shape index (κ2) is 4.33. The van der Waals surface area contributed by atoms with Crippen molar-refractivity contribution in [2.24, 2.45) is 0 Å². The zero-order chi connectivity index (χ0) is 13.6. The average Bonchev–Trinajstić information content (AvgIpc) is 3.16. The number of rotatable bonds is 3. The first-order chi connectivity index (χ1) is 9.10. The molecule has 100 valence electrons. The van der Waals surface area contributed by atoms with Crippen molar-refractivity contribution in [1.29, 1.82) is 0 Å². The molecule has 1 fully saturated rings. The SMILES string of the molecule is CCc1c(C)nn(-c2cc(N)nc(C3CC3)n2)c1C. The molecule has 0 unspecified atom stereocenters. The van der Waals surface area contributed by atoms with Crippen molar-refractivity contribution in [3.05, 3.63) is 28.8 Å². The van der Waals surface area contributed by atoms with E-state index in [9.17, 15) is 0 Å². The molecule has 1 aliphatic carbocycles. The first-order valence-corrected chi connectivity index (χ1v) is 6.80. The number of aryl methyl sites for hydroxylation is 1. The van der Waals surface area contributed by atoms with Gasteiger partial charge in [-0.25, -0.2) is 14.6 Å². The summed E-state index contributed by atoms with van der Waals surface area (Å²) in [5.74, 6) is 2.66. The first-order valence-electron chi connectivity index (χ1n) is 6.80. The Morgan fingerprint density at radius 3 is 2.63 bits per heavy atom. The van der Waals surface area contributed by atoms with E-state index < -0.39 is 0 Å². The van der Waals surface area contributed by atoms with Crippen LogP contribution in [-0.2, 0) is 6.42 Å². The Labute approximate surface area is 112 Å². The van der Waals surface area contributed by atoms with Crippen LogP contribution in [0.15, 0.2) is 6.07 Å². The van der Waals surface area contributed by atoms with Crippen LogP contribution in [0, 0.1) is 13.8 Å². The number of anilines is 1. The number of nitrogens with zero attached hydrogens (tertiary/aromatic N) is 4. The summed E-state index contributed by atoms with van der Waals surface area (Å²) < 4.78 is 1.89. The second-order valence-corrected chi connectivity index (χ2v) is 5.20. The summed E-state index contributed by atoms with van der Waals surface area (Å²) >= 11 is 0. The van der Waals surface area contributed by atoms with E-state index in [-0.39, 0.29) is 0 Å². The van der Waals surface area contributed by atoms with Crippen molar-refractivity contribution >= 4 is 5.82 Å². The van der Waals surface area contributed by atoms with Crippen molar-refractivity contribution in [3.63, 3.8) is 0 Å². The molecule has 2 aromatic rings. The van der Waals surface area contributed by atoms with Gasteiger partial charge in [-0.15, -0.1) is 0 Å². The number of hydrogen-bond acceptors (Lipinski definition) is 4. The Morgan fingerprint density at radius 2 is 2.05 bits per heavy atom. The van der Waals surface area contributed by atoms with Gasteiger partial charge >= 0.3 is 0 Å². The Bertz CT molecular complexity index is 625. The molecule has 3 rings (SSSR count). The summed E-state index contributed by atoms with van der Waals surface area (Å²) in [4.78, 5) is 8.95. The lowest BCUT2D eigenvalue weighted by Gasteiger charge is -2.07. The van der Waals surface area contributed by atoms with Crippen LogP contribution in [-0.4, -0.2) is 19.7 Å². The third-order valence-electron chi connectivity index (χ3n) is 3.70. The minimum absolute atomic E-state index is 0.491. The van der Waals surface area contributed by atoms with Crippen molar-refractivity contribution in [2.45, 2.75) is 46.0 Å². The molecular formula is C14H19N5. The third-order valence-corrected chi connectivity index (χ3v) is 3.70. The van der Waals surface area contributed by atoms with Crippen LogP contribution in [0.2, 0.25) is 0 Å². The summed E-state index contributed by atoms with van der Waals surface area (Å²) in [5, 5.41) is 4.58. The summed E-state index contributed by atoms with van der Waals surface area (Å²) in [7, 11) is 0. The fourth-order valence-electron chi connectivity index (χ4n) is 2.51. The first kappa shape index (κ1) is 12.1. The Balaban J connectivity index is 2.11. The van der Waals surface area contributed by atoms with E-state index in [1.54, 1.807) is 6.07 Å². The van der Waals surface area contributed by atoms with E-state index in [0.29, 0.717) is 11.7 Å². The van der Waals surface area contributed by atoms with E-state index in [1.165, 1.54) is 18.4 Å². The Morgan fingerprint density at radius 1 is 1.32 bits per heavy atom. The van der Waals surface area contributed by atoms with Crippen LogP contribution in [0.5, 0.6) is 0 Å². The predicted octanol–water partition coefficient (Wildman–Crippen LogP) is 2.30. The van der Waals surface area contributed by atoms with Crippen LogP contribution >= 0.6 is 0 Å². The maximum atomic E-state index is 5.90. The fraction of sp³-hybridized carbons (Fsp3) is 0.500. The summed E-state index contributed by atoms with van der Waals surface area (Å²) in [6, 6.07) is 1.80. The van der Waals surface area contributed by atoms with Crippen LogP contribution < -0.4 is 5.73 Å². The van der Waals surface area contributed by atoms with Gasteiger partial charge in [-0.3, -0.25) is 0 Å². The maximum Gasteiger partial charge on any atom is 0.159 e. The molecule has 1 aliphatic rings. The van der Waals surface area contributed by atoms with E-state index in [4.69, 9.17) is 5.73 Å². The zero-order valence-electron chi connectivity index (χ0n) is 11.6. The van der Waals surface area contributed by atoms with Crippen LogP contribution in [0.25, 0.3) is 5.82 Å². The van der Waals surface area contributed by atoms with Crippen molar-refractivity contribution in [2.75, 3.05) is 5.73 Å². The molecular weight excluding hydrogens is 238 g/mol. The fourth-order valence-corrected chi connectivity index (χ4v) is 2.51. The van der Waals surface area contributed by atoms with Gasteiger partial charge in [0.25, 0.3) is 0 Å². The van der Waals surface area contributed by atoms with Gasteiger partial charge in [0.05, 0.1) is 5.69 Å². The van der Waals surface area contributed by atoms with Gasteiger partial charge in [-0.1, -0.05) is 6.92 Å². The van der Waals surface area contributed by atoms with Crippen molar-refractivity contribution in [3.8, 4) is 5.82 Å². The van der Waals surface area contributed by atoms with Gasteiger partial charge in [0.1, 0.15) is 11.6 Å². The van der Waals surface area contributed by atoms with E-state index >= 15 is 0 Å². The van der Waals surface area contributed by atoms with E-state index in [2.05, 4.69) is 28.9 Å². The van der Waals surface area contributed by atoms with Gasteiger partial charge in [-0.2, -0.15) is 5.10 Å². The molecule has 0 atom stereocenters. The normalized spacial score (nSPS) is 14.9. The Hall–Kier alpha value is -1.91. The highest BCUT2D eigenvalue weighted by Gasteiger charge is 2.27. The van der Waals surface area contributed by atoms with Gasteiger partial charge in [-0.05, 0) is 38.7 Å². The van der Waals surface area contributed by atoms with Crippen molar-refractivity contribution < 1.29 is 0 Å². The molecule has 0 saturated heterocycles. The van der Waals surface area contributed by atoms with Crippen LogP contribution in [0.4, 0.5) is 5.82 Å². The lowest BCUT2D eigenvalue weighted by Crippen LogP contribution is -2.07. The van der Waals surface area contributed by atoms with Gasteiger partial charge < -0.3 is 5.73 Å². The summed E-state index contributed by atoms with van der Waals surface area (Å²) in [6.45, 7) is 6.26. The van der Waals surface area contributed by atoms with Crippen LogP contribution in [0.1, 0.15) is 48.5 Å². The molecule has 5 nitrogen and oxygen atoms in total. The standard InChI is InChI=1S/C14H19N5/c1-4-11-8(2)18-19(9(11)3)13-7-12(15)16-14(17-13)10-5-6-10/h7,10H,4-6H2,1-3H3,(H2,15,16,17). The predicted molar refractivity (Wildman–Crippen MR) is 74.4 cm³/mol. The van der Waals surface area contributed by atoms with E-state index in [0.717, 1.165) is 29.5 Å². The lowest BCUT2D eigenvalue weighted by atomic mass is 10.1. The molecule has 0 spiro atoms. The molecule has 2 N–H and O–H groups in total. The number of nitrogen functional groups attached to an aromatic ring is 1. The molecule has 0 bridgehead atoms. The quantitative estimate of drug-likeness (QED) is 0.916. The van der Waals surface area contributed by atoms with Crippen LogP contribution in [0.3, 0.4) is 0 Å². The summed E-state index contributed by atoms with van der Waals surface area (Å²) in [5.41, 5.74) is 9.38. The minimum atomic E-state index is 0.491. The molecule has 0 aromatic carbocycles. The molecule has 5 heteroatoms. The monoisotopic (exact) mass is 257 g/mol. The largest absolute Gasteiger partial charge is 0.384 e. The highest BCUT2D eigenvalue weighted by Crippen LogP contribution is 2.38. The highest BCUT2D eigenvalue weighted by atomic mass is 15.3. The smallest absolute Gasteiger partial charge is 0.159 e. The molecule has 2 heterocycles. The maximum absolute atomic E-state index is 5.90. The van der Waals surface area contributed by atoms with Crippen molar-refractivity contribution in [1.82, 2.24) is 19.7 Å². The molecule has 2 aromatic heterocycles. The lowest BCUT2D eigenvalue weighted by molar-refractivity contribution is 0.781. The molecule has 0 aliphatic heterocycles. The molecule has 19 heavy (non-hydrogen) atoms. The molecule has 1 saturated carbocycles. The highest BCUT2D eigenvalue weighted by molar-refractivity contribution is 5.40. The van der Waals surface area contributed by atoms with E-state index in [1.807, 2.05) is 11.6 Å². The van der Waals surface area contributed by atoms with Gasteiger partial charge in [0, 0.05) is 17.7 Å². The average molecular weight is 257 g/mol. The van der Waals surface area contributed by atoms with Gasteiger partial charge in [0.15, 0.2) is 5.82 Å². The van der Waals surface area contributed by atoms with Gasteiger partial charge in [0.2, 0.25) is 0 Å². The topological polar surface area (TPSA) is 69.6 Å².